The molecule has 1 saturated heterocycles. The molecule has 1 heterocycles. The second-order valence-electron chi connectivity index (χ2n) is 5.39. The van der Waals surface area contributed by atoms with E-state index in [0.29, 0.717) is 0 Å². The number of morpholine rings is 1. The van der Waals surface area contributed by atoms with Crippen LogP contribution in [0.2, 0.25) is 0 Å². The zero-order valence-corrected chi connectivity index (χ0v) is 14.5. The highest BCUT2D eigenvalue weighted by Gasteiger charge is 2.10. The fraction of sp³-hybridized carbons (Fsp3) is 0.647. The first-order valence-electron chi connectivity index (χ1n) is 7.93. The summed E-state index contributed by atoms with van der Waals surface area (Å²) in [5.41, 5.74) is 1.30. The van der Waals surface area contributed by atoms with E-state index in [4.69, 9.17) is 14.2 Å². The first-order chi connectivity index (χ1) is 10.3. The van der Waals surface area contributed by atoms with E-state index in [1.807, 2.05) is 6.07 Å². The van der Waals surface area contributed by atoms with Crippen LogP contribution in [0.3, 0.4) is 0 Å². The van der Waals surface area contributed by atoms with Gasteiger partial charge >= 0.3 is 0 Å². The molecule has 0 aliphatic carbocycles. The topological polar surface area (TPSA) is 30.9 Å². The standard InChI is InChI=1S/C17H27NO3.ClH/c1-3-5-15-6-7-16(17(14-15)19-2)21-11-4-8-18-9-12-20-13-10-18;/h6-7,14H,3-5,8-13H2,1-2H3;1H. The second-order valence-corrected chi connectivity index (χ2v) is 5.39. The van der Waals surface area contributed by atoms with Gasteiger partial charge in [-0.1, -0.05) is 19.4 Å². The second kappa shape index (κ2) is 10.7. The minimum Gasteiger partial charge on any atom is -0.493 e. The molecule has 1 aliphatic rings. The van der Waals surface area contributed by atoms with Crippen LogP contribution in [0.4, 0.5) is 0 Å². The quantitative estimate of drug-likeness (QED) is 0.685. The zero-order chi connectivity index (χ0) is 14.9. The van der Waals surface area contributed by atoms with E-state index in [9.17, 15) is 0 Å². The molecule has 1 aliphatic heterocycles. The van der Waals surface area contributed by atoms with E-state index >= 15 is 0 Å². The summed E-state index contributed by atoms with van der Waals surface area (Å²) in [6, 6.07) is 6.24. The highest BCUT2D eigenvalue weighted by Crippen LogP contribution is 2.28. The van der Waals surface area contributed by atoms with Crippen molar-refractivity contribution in [3.05, 3.63) is 23.8 Å². The van der Waals surface area contributed by atoms with Gasteiger partial charge in [-0.3, -0.25) is 4.90 Å². The van der Waals surface area contributed by atoms with Gasteiger partial charge in [0.1, 0.15) is 0 Å². The lowest BCUT2D eigenvalue weighted by molar-refractivity contribution is 0.0357. The molecule has 5 heteroatoms. The van der Waals surface area contributed by atoms with Gasteiger partial charge in [0.2, 0.25) is 0 Å². The van der Waals surface area contributed by atoms with Gasteiger partial charge < -0.3 is 14.2 Å². The predicted molar refractivity (Wildman–Crippen MR) is 91.6 cm³/mol. The Hall–Kier alpha value is -0.970. The molecule has 0 bridgehead atoms. The monoisotopic (exact) mass is 329 g/mol. The maximum absolute atomic E-state index is 5.87. The smallest absolute Gasteiger partial charge is 0.161 e. The van der Waals surface area contributed by atoms with E-state index in [-0.39, 0.29) is 12.4 Å². The van der Waals surface area contributed by atoms with Crippen molar-refractivity contribution in [2.45, 2.75) is 26.2 Å². The van der Waals surface area contributed by atoms with Crippen LogP contribution in [-0.4, -0.2) is 51.5 Å². The van der Waals surface area contributed by atoms with Crippen LogP contribution in [0.1, 0.15) is 25.3 Å². The fourth-order valence-electron chi connectivity index (χ4n) is 2.57. The Morgan fingerprint density at radius 2 is 1.95 bits per heavy atom. The van der Waals surface area contributed by atoms with Gasteiger partial charge in [-0.15, -0.1) is 12.4 Å². The molecule has 2 rings (SSSR count). The molecule has 0 atom stereocenters. The molecule has 0 spiro atoms. The number of aryl methyl sites for hydroxylation is 1. The SMILES string of the molecule is CCCc1ccc(OCCCN2CCOCC2)c(OC)c1.Cl. The van der Waals surface area contributed by atoms with Gasteiger partial charge in [-0.05, 0) is 30.5 Å². The van der Waals surface area contributed by atoms with Crippen LogP contribution in [0, 0.1) is 0 Å². The van der Waals surface area contributed by atoms with Crippen LogP contribution in [0.25, 0.3) is 0 Å². The maximum atomic E-state index is 5.87. The van der Waals surface area contributed by atoms with E-state index in [1.54, 1.807) is 7.11 Å². The summed E-state index contributed by atoms with van der Waals surface area (Å²) in [5.74, 6) is 1.69. The molecule has 1 aromatic rings. The van der Waals surface area contributed by atoms with Gasteiger partial charge in [0.25, 0.3) is 0 Å². The molecule has 4 nitrogen and oxygen atoms in total. The summed E-state index contributed by atoms with van der Waals surface area (Å²) in [7, 11) is 1.70. The van der Waals surface area contributed by atoms with Crippen molar-refractivity contribution < 1.29 is 14.2 Å². The summed E-state index contributed by atoms with van der Waals surface area (Å²) in [4.78, 5) is 2.43. The normalized spacial score (nSPS) is 15.2. The largest absolute Gasteiger partial charge is 0.493 e. The lowest BCUT2D eigenvalue weighted by atomic mass is 10.1. The fourth-order valence-corrected chi connectivity index (χ4v) is 2.57. The summed E-state index contributed by atoms with van der Waals surface area (Å²) in [6.07, 6.45) is 3.25. The van der Waals surface area contributed by atoms with Crippen molar-refractivity contribution in [3.8, 4) is 11.5 Å². The highest BCUT2D eigenvalue weighted by molar-refractivity contribution is 5.85. The number of halogens is 1. The Bertz CT molecular complexity index is 422. The Kier molecular flexibility index (Phi) is 9.28. The van der Waals surface area contributed by atoms with Crippen molar-refractivity contribution in [3.63, 3.8) is 0 Å². The van der Waals surface area contributed by atoms with Crippen LogP contribution >= 0.6 is 12.4 Å². The predicted octanol–water partition coefficient (Wildman–Crippen LogP) is 3.17. The summed E-state index contributed by atoms with van der Waals surface area (Å²) >= 11 is 0. The van der Waals surface area contributed by atoms with Crippen molar-refractivity contribution >= 4 is 12.4 Å². The minimum absolute atomic E-state index is 0. The van der Waals surface area contributed by atoms with Gasteiger partial charge in [-0.25, -0.2) is 0 Å². The van der Waals surface area contributed by atoms with Crippen LogP contribution in [0.15, 0.2) is 18.2 Å². The van der Waals surface area contributed by atoms with Crippen LogP contribution < -0.4 is 9.47 Å². The van der Waals surface area contributed by atoms with Crippen molar-refractivity contribution in [1.82, 2.24) is 4.90 Å². The minimum atomic E-state index is 0. The number of ether oxygens (including phenoxy) is 3. The number of benzene rings is 1. The van der Waals surface area contributed by atoms with Crippen LogP contribution in [0.5, 0.6) is 11.5 Å². The average Bonchev–Trinajstić information content (AvgIpc) is 2.53. The molecule has 0 amide bonds. The number of nitrogens with zero attached hydrogens (tertiary/aromatic N) is 1. The number of methoxy groups -OCH3 is 1. The molecule has 1 aromatic carbocycles. The number of hydrogen-bond donors (Lipinski definition) is 0. The Morgan fingerprint density at radius 3 is 2.64 bits per heavy atom. The van der Waals surface area contributed by atoms with Gasteiger partial charge in [0, 0.05) is 19.6 Å². The molecule has 0 N–H and O–H groups in total. The summed E-state index contributed by atoms with van der Waals surface area (Å²) in [6.45, 7) is 7.76. The third-order valence-electron chi connectivity index (χ3n) is 3.75. The molecule has 0 saturated carbocycles. The summed E-state index contributed by atoms with van der Waals surface area (Å²) < 4.78 is 16.6. The van der Waals surface area contributed by atoms with Gasteiger partial charge in [0.05, 0.1) is 26.9 Å². The lowest BCUT2D eigenvalue weighted by Crippen LogP contribution is -2.37. The van der Waals surface area contributed by atoms with E-state index < -0.39 is 0 Å². The van der Waals surface area contributed by atoms with Crippen molar-refractivity contribution in [1.29, 1.82) is 0 Å². The molecule has 0 aromatic heterocycles. The Labute approximate surface area is 140 Å². The van der Waals surface area contributed by atoms with E-state index in [0.717, 1.165) is 70.2 Å². The third-order valence-corrected chi connectivity index (χ3v) is 3.75. The molecule has 0 unspecified atom stereocenters. The van der Waals surface area contributed by atoms with Gasteiger partial charge in [0.15, 0.2) is 11.5 Å². The first-order valence-corrected chi connectivity index (χ1v) is 7.93. The van der Waals surface area contributed by atoms with Gasteiger partial charge in [-0.2, -0.15) is 0 Å². The Balaban J connectivity index is 0.00000242. The molecular formula is C17H28ClNO3. The molecule has 1 fully saturated rings. The van der Waals surface area contributed by atoms with E-state index in [2.05, 4.69) is 24.0 Å². The molecular weight excluding hydrogens is 302 g/mol. The van der Waals surface area contributed by atoms with Crippen molar-refractivity contribution in [2.24, 2.45) is 0 Å². The first kappa shape index (κ1) is 19.1. The highest BCUT2D eigenvalue weighted by atomic mass is 35.5. The average molecular weight is 330 g/mol. The molecule has 22 heavy (non-hydrogen) atoms. The van der Waals surface area contributed by atoms with Crippen molar-refractivity contribution in [2.75, 3.05) is 46.6 Å². The summed E-state index contributed by atoms with van der Waals surface area (Å²) in [5, 5.41) is 0. The molecule has 126 valence electrons. The Morgan fingerprint density at radius 1 is 1.18 bits per heavy atom. The lowest BCUT2D eigenvalue weighted by Gasteiger charge is -2.26. The molecule has 0 radical (unpaired) electrons. The number of hydrogen-bond acceptors (Lipinski definition) is 4. The third kappa shape index (κ3) is 6.03. The zero-order valence-electron chi connectivity index (χ0n) is 13.7. The number of rotatable bonds is 8. The van der Waals surface area contributed by atoms with Crippen LogP contribution in [-0.2, 0) is 11.2 Å². The van der Waals surface area contributed by atoms with E-state index in [1.165, 1.54) is 5.56 Å². The maximum Gasteiger partial charge on any atom is 0.161 e.